The molecule has 0 aromatic heterocycles. The molecule has 2 atom stereocenters. The van der Waals surface area contributed by atoms with Gasteiger partial charge < -0.3 is 30.3 Å². The van der Waals surface area contributed by atoms with Gasteiger partial charge in [-0.1, -0.05) is 37.8 Å². The van der Waals surface area contributed by atoms with Crippen molar-refractivity contribution in [3.05, 3.63) is 35.9 Å². The Labute approximate surface area is 224 Å². The van der Waals surface area contributed by atoms with E-state index in [1.807, 2.05) is 30.3 Å². The van der Waals surface area contributed by atoms with Crippen LogP contribution in [-0.2, 0) is 11.3 Å². The van der Waals surface area contributed by atoms with Crippen LogP contribution in [0.2, 0.25) is 0 Å². The van der Waals surface area contributed by atoms with Crippen molar-refractivity contribution in [2.24, 2.45) is 11.8 Å². The van der Waals surface area contributed by atoms with E-state index in [1.165, 1.54) is 25.7 Å². The average Bonchev–Trinajstić information content (AvgIpc) is 3.78. The van der Waals surface area contributed by atoms with Gasteiger partial charge in [0.1, 0.15) is 6.61 Å². The molecule has 1 aromatic carbocycles. The smallest absolute Gasteiger partial charge is 0.410 e. The van der Waals surface area contributed by atoms with Gasteiger partial charge in [0.05, 0.1) is 11.2 Å². The molecule has 1 aromatic rings. The number of aliphatic hydroxyl groups is 3. The molecule has 2 aliphatic heterocycles. The summed E-state index contributed by atoms with van der Waals surface area (Å²) >= 11 is 0. The molecule has 1 amide bonds. The normalized spacial score (nSPS) is 28.3. The maximum atomic E-state index is 12.3. The minimum absolute atomic E-state index is 0. The minimum atomic E-state index is -0.557. The van der Waals surface area contributed by atoms with Crippen molar-refractivity contribution in [2.75, 3.05) is 33.3 Å². The first-order valence-corrected chi connectivity index (χ1v) is 14.0. The predicted molar refractivity (Wildman–Crippen MR) is 148 cm³/mol. The van der Waals surface area contributed by atoms with E-state index in [9.17, 15) is 15.0 Å². The van der Waals surface area contributed by atoms with Crippen molar-refractivity contribution in [3.8, 4) is 0 Å². The average molecular weight is 521 g/mol. The zero-order valence-corrected chi connectivity index (χ0v) is 22.2. The first-order valence-electron chi connectivity index (χ1n) is 14.0. The van der Waals surface area contributed by atoms with Crippen LogP contribution in [0.4, 0.5) is 4.79 Å². The molecule has 37 heavy (non-hydrogen) atoms. The standard InChI is InChI=1S/C18H25NO3.C10H19NO.CH4O.CH4/c20-17(22-14-15-6-2-1-3-7-15)19-12-5-4-10-18(21,11-13-19)16-8-9-16;12-10(9-3-4-9)5-1-2-7-11-8-6-10;1-2;/h1-3,6-7,16,21H,4-5,8-14H2;9,11-12H,1-8H2;2H,1H3;1H4. The van der Waals surface area contributed by atoms with Crippen LogP contribution in [0.25, 0.3) is 0 Å². The van der Waals surface area contributed by atoms with Crippen LogP contribution < -0.4 is 5.32 Å². The highest BCUT2D eigenvalue weighted by Crippen LogP contribution is 2.45. The molecule has 2 heterocycles. The highest BCUT2D eigenvalue weighted by atomic mass is 16.6. The van der Waals surface area contributed by atoms with Crippen LogP contribution in [0.3, 0.4) is 0 Å². The predicted octanol–water partition coefficient (Wildman–Crippen LogP) is 4.88. The Morgan fingerprint density at radius 1 is 0.865 bits per heavy atom. The lowest BCUT2D eigenvalue weighted by Crippen LogP contribution is -2.42. The number of benzene rings is 1. The number of aliphatic hydroxyl groups excluding tert-OH is 1. The van der Waals surface area contributed by atoms with Gasteiger partial charge in [0.15, 0.2) is 0 Å². The van der Waals surface area contributed by atoms with Gasteiger partial charge in [-0.2, -0.15) is 0 Å². The third-order valence-corrected chi connectivity index (χ3v) is 8.19. The van der Waals surface area contributed by atoms with Crippen LogP contribution in [-0.4, -0.2) is 70.8 Å². The lowest BCUT2D eigenvalue weighted by molar-refractivity contribution is -0.0170. The zero-order chi connectivity index (χ0) is 25.9. The Kier molecular flexibility index (Phi) is 13.4. The summed E-state index contributed by atoms with van der Waals surface area (Å²) in [4.78, 5) is 14.0. The van der Waals surface area contributed by atoms with E-state index in [4.69, 9.17) is 9.84 Å². The monoisotopic (exact) mass is 520 g/mol. The Morgan fingerprint density at radius 2 is 1.46 bits per heavy atom. The number of carbonyl (C=O) groups is 1. The Bertz CT molecular complexity index is 760. The quantitative estimate of drug-likeness (QED) is 0.452. The van der Waals surface area contributed by atoms with Crippen LogP contribution in [0.1, 0.15) is 90.0 Å². The molecule has 2 saturated carbocycles. The van der Waals surface area contributed by atoms with Crippen molar-refractivity contribution in [3.63, 3.8) is 0 Å². The van der Waals surface area contributed by atoms with Gasteiger partial charge in [-0.3, -0.25) is 0 Å². The number of rotatable bonds is 4. The molecule has 0 spiro atoms. The lowest BCUT2D eigenvalue weighted by atomic mass is 9.86. The molecule has 7 nitrogen and oxygen atoms in total. The molecule has 7 heteroatoms. The number of likely N-dealkylation sites (tertiary alicyclic amines) is 1. The van der Waals surface area contributed by atoms with Gasteiger partial charge in [-0.05, 0) is 108 Å². The summed E-state index contributed by atoms with van der Waals surface area (Å²) in [5.41, 5.74) is 0.142. The van der Waals surface area contributed by atoms with Crippen LogP contribution in [0, 0.1) is 11.8 Å². The van der Waals surface area contributed by atoms with Crippen LogP contribution in [0.15, 0.2) is 30.3 Å². The van der Waals surface area contributed by atoms with Crippen molar-refractivity contribution in [2.45, 2.75) is 102 Å². The summed E-state index contributed by atoms with van der Waals surface area (Å²) in [7, 11) is 1.00. The largest absolute Gasteiger partial charge is 0.445 e. The second-order valence-electron chi connectivity index (χ2n) is 10.9. The first kappa shape index (κ1) is 31.5. The Morgan fingerprint density at radius 3 is 2.08 bits per heavy atom. The van der Waals surface area contributed by atoms with E-state index in [2.05, 4.69) is 5.32 Å². The summed E-state index contributed by atoms with van der Waals surface area (Å²) in [6, 6.07) is 9.73. The molecule has 0 radical (unpaired) electrons. The molecule has 4 fully saturated rings. The lowest BCUT2D eigenvalue weighted by Gasteiger charge is -2.34. The Balaban J connectivity index is 0.000000272. The summed E-state index contributed by atoms with van der Waals surface area (Å²) in [5.74, 6) is 1.09. The number of amides is 1. The van der Waals surface area contributed by atoms with Gasteiger partial charge in [-0.15, -0.1) is 0 Å². The van der Waals surface area contributed by atoms with Crippen molar-refractivity contribution in [1.82, 2.24) is 10.2 Å². The fourth-order valence-corrected chi connectivity index (χ4v) is 5.59. The van der Waals surface area contributed by atoms with Crippen molar-refractivity contribution in [1.29, 1.82) is 0 Å². The summed E-state index contributed by atoms with van der Waals surface area (Å²) in [6.07, 6.45) is 12.4. The molecule has 4 aliphatic rings. The number of nitrogens with one attached hydrogen (secondary N) is 1. The highest BCUT2D eigenvalue weighted by Gasteiger charge is 2.44. The van der Waals surface area contributed by atoms with Gasteiger partial charge in [-0.25, -0.2) is 4.79 Å². The number of ether oxygens (including phenoxy) is 1. The molecular formula is C30H52N2O5. The number of hydrogen-bond donors (Lipinski definition) is 4. The number of nitrogens with zero attached hydrogens (tertiary/aromatic N) is 1. The summed E-state index contributed by atoms with van der Waals surface area (Å²) < 4.78 is 5.41. The van der Waals surface area contributed by atoms with E-state index in [0.29, 0.717) is 31.4 Å². The molecule has 4 N–H and O–H groups in total. The number of carbonyl (C=O) groups excluding carboxylic acids is 1. The maximum absolute atomic E-state index is 12.3. The van der Waals surface area contributed by atoms with Gasteiger partial charge in [0, 0.05) is 20.2 Å². The van der Waals surface area contributed by atoms with Crippen molar-refractivity contribution < 1.29 is 24.9 Å². The maximum Gasteiger partial charge on any atom is 0.410 e. The molecule has 5 rings (SSSR count). The fourth-order valence-electron chi connectivity index (χ4n) is 5.59. The second kappa shape index (κ2) is 15.7. The Hall–Kier alpha value is -1.67. The third kappa shape index (κ3) is 10.2. The number of hydrogen-bond acceptors (Lipinski definition) is 6. The summed E-state index contributed by atoms with van der Waals surface area (Å²) in [5, 5.41) is 31.4. The molecule has 0 bridgehead atoms. The van der Waals surface area contributed by atoms with Gasteiger partial charge in [0.25, 0.3) is 0 Å². The molecule has 2 saturated heterocycles. The second-order valence-corrected chi connectivity index (χ2v) is 10.9. The zero-order valence-electron chi connectivity index (χ0n) is 22.2. The fraction of sp³-hybridized carbons (Fsp3) is 0.767. The van der Waals surface area contributed by atoms with E-state index in [-0.39, 0.29) is 19.1 Å². The topological polar surface area (TPSA) is 102 Å². The molecular weight excluding hydrogens is 468 g/mol. The van der Waals surface area contributed by atoms with Crippen LogP contribution >= 0.6 is 0 Å². The first-order chi connectivity index (χ1) is 17.5. The van der Waals surface area contributed by atoms with E-state index in [1.54, 1.807) is 4.90 Å². The minimum Gasteiger partial charge on any atom is -0.445 e. The van der Waals surface area contributed by atoms with E-state index < -0.39 is 5.60 Å². The third-order valence-electron chi connectivity index (χ3n) is 8.19. The van der Waals surface area contributed by atoms with Gasteiger partial charge in [0.2, 0.25) is 0 Å². The van der Waals surface area contributed by atoms with Crippen molar-refractivity contribution >= 4 is 6.09 Å². The van der Waals surface area contributed by atoms with Gasteiger partial charge >= 0.3 is 6.09 Å². The van der Waals surface area contributed by atoms with E-state index >= 15 is 0 Å². The molecule has 212 valence electrons. The SMILES string of the molecule is C.CO.O=C(OCc1ccccc1)N1CCCCC(O)(C2CC2)CC1.OC1(C2CC2)CCCCNCC1. The highest BCUT2D eigenvalue weighted by molar-refractivity contribution is 5.67. The molecule has 2 aliphatic carbocycles. The van der Waals surface area contributed by atoms with E-state index in [0.717, 1.165) is 77.3 Å². The summed E-state index contributed by atoms with van der Waals surface area (Å²) in [6.45, 7) is 3.78. The molecule has 2 unspecified atom stereocenters. The van der Waals surface area contributed by atoms with Crippen LogP contribution in [0.5, 0.6) is 0 Å².